The van der Waals surface area contributed by atoms with Gasteiger partial charge in [-0.2, -0.15) is 0 Å². The van der Waals surface area contributed by atoms with Gasteiger partial charge in [0.15, 0.2) is 0 Å². The maximum absolute atomic E-state index is 14.9. The molecule has 22 nitrogen and oxygen atoms in total. The Balaban J connectivity index is 1.66. The number of fused-ring (bicyclic) bond motifs is 1. The van der Waals surface area contributed by atoms with E-state index in [0.717, 1.165) is 32.5 Å². The molecule has 1 fully saturated rings. The van der Waals surface area contributed by atoms with E-state index in [1.165, 1.54) is 24.3 Å². The first-order valence-electron chi connectivity index (χ1n) is 24.8. The normalized spacial score (nSPS) is 21.9. The number of unbranched alkanes of at least 4 members (excludes halogenated alkanes) is 1. The number of nitrogens with two attached hydrogens (primary N) is 2. The molecule has 15 N–H and O–H groups in total. The minimum atomic E-state index is -1.62. The summed E-state index contributed by atoms with van der Waals surface area (Å²) in [7, 11) is 1.92. The van der Waals surface area contributed by atoms with Gasteiger partial charge >= 0.3 is 11.9 Å². The quantitative estimate of drug-likeness (QED) is 0.0491. The molecule has 410 valence electrons. The van der Waals surface area contributed by atoms with Gasteiger partial charge in [0.25, 0.3) is 0 Å². The van der Waals surface area contributed by atoms with Crippen molar-refractivity contribution in [2.45, 2.75) is 126 Å². The number of carboxylic acids is 2. The number of phenolic OH excluding ortho intramolecular Hbond substituents is 1. The zero-order chi connectivity index (χ0) is 55.7. The predicted octanol–water partition coefficient (Wildman–Crippen LogP) is 1.14. The summed E-state index contributed by atoms with van der Waals surface area (Å²) in [6.07, 6.45) is 1.23. The van der Waals surface area contributed by atoms with Crippen molar-refractivity contribution in [1.82, 2.24) is 42.2 Å². The second-order valence-corrected chi connectivity index (χ2v) is 22.4. The van der Waals surface area contributed by atoms with Gasteiger partial charge in [0.2, 0.25) is 41.4 Å². The van der Waals surface area contributed by atoms with Crippen molar-refractivity contribution in [3.8, 4) is 5.75 Å². The van der Waals surface area contributed by atoms with Gasteiger partial charge in [0.1, 0.15) is 48.0 Å². The van der Waals surface area contributed by atoms with Crippen molar-refractivity contribution in [3.63, 3.8) is 0 Å². The van der Waals surface area contributed by atoms with E-state index in [0.29, 0.717) is 29.5 Å². The molecule has 5 rings (SSSR count). The molecule has 8 atom stereocenters. The molecule has 4 aromatic rings. The molecule has 2 heterocycles. The number of rotatable bonds is 18. The third-order valence-corrected chi connectivity index (χ3v) is 15.9. The molecule has 1 aliphatic rings. The summed E-state index contributed by atoms with van der Waals surface area (Å²) in [5, 5.41) is 49.2. The van der Waals surface area contributed by atoms with Gasteiger partial charge in [0, 0.05) is 46.9 Å². The lowest BCUT2D eigenvalue weighted by Gasteiger charge is -2.35. The Morgan fingerprint density at radius 1 is 0.724 bits per heavy atom. The van der Waals surface area contributed by atoms with E-state index in [9.17, 15) is 58.5 Å². The summed E-state index contributed by atoms with van der Waals surface area (Å²) in [5.74, 6) is -9.92. The monoisotopic (exact) mass is 1090 g/mol. The highest BCUT2D eigenvalue weighted by Crippen LogP contribution is 2.39. The predicted molar refractivity (Wildman–Crippen MR) is 287 cm³/mol. The van der Waals surface area contributed by atoms with E-state index in [-0.39, 0.29) is 43.7 Å². The Bertz CT molecular complexity index is 2690. The molecular formula is C52H68N10O12S2. The van der Waals surface area contributed by atoms with Crippen LogP contribution in [-0.2, 0) is 62.4 Å². The standard InChI is InChI=1S/C52H68N10O12S2/c1-28(2)42(51(73)74)61-49(71)40-27-75-76-52(3,4)43(62-44(66)34(54)25-41(64)65)50(72)59-38(22-29-12-6-5-7-13-29)46(68)58-39(24-31-26-55-35-15-9-8-14-33(31)35)48(70)56-36(16-10-11-21-53)45(67)57-37(47(69)60-40)23-30-17-19-32(63)20-18-30/h5-9,12-15,17-20,26,28,34,36-40,42-43,55,63H,10-11,16,21-25,27,53-54H2,1-4H3,(H,56,70)(H,57,67)(H,58,68)(H,59,72)(H,60,69)(H,61,71)(H,62,66)(H,64,65)(H,73,74)/t34-,36-,37-,38-,39+,40-,42-,43+/m0/s1. The summed E-state index contributed by atoms with van der Waals surface area (Å²) in [4.78, 5) is 129. The highest BCUT2D eigenvalue weighted by Gasteiger charge is 2.42. The van der Waals surface area contributed by atoms with Crippen LogP contribution in [0.25, 0.3) is 10.9 Å². The Kier molecular flexibility index (Phi) is 22.1. The Morgan fingerprint density at radius 2 is 1.28 bits per heavy atom. The number of para-hydroxylation sites is 1. The van der Waals surface area contributed by atoms with Gasteiger partial charge in [-0.25, -0.2) is 4.79 Å². The van der Waals surface area contributed by atoms with Crippen molar-refractivity contribution < 1.29 is 58.5 Å². The molecular weight excluding hydrogens is 1020 g/mol. The number of amides is 7. The smallest absolute Gasteiger partial charge is 0.326 e. The average molecular weight is 1090 g/mol. The largest absolute Gasteiger partial charge is 0.508 e. The maximum atomic E-state index is 14.9. The van der Waals surface area contributed by atoms with Crippen molar-refractivity contribution in [2.24, 2.45) is 17.4 Å². The lowest BCUT2D eigenvalue weighted by Crippen LogP contribution is -2.63. The molecule has 0 aliphatic carbocycles. The fourth-order valence-electron chi connectivity index (χ4n) is 8.31. The van der Waals surface area contributed by atoms with Gasteiger partial charge in [-0.05, 0) is 80.5 Å². The number of aromatic hydroxyl groups is 1. The molecule has 24 heteroatoms. The van der Waals surface area contributed by atoms with Crippen molar-refractivity contribution in [2.75, 3.05) is 12.3 Å². The number of aliphatic carboxylic acids is 2. The number of hydrogen-bond acceptors (Lipinski definition) is 14. The number of carboxylic acid groups (broad SMARTS) is 2. The van der Waals surface area contributed by atoms with Gasteiger partial charge in [0.05, 0.1) is 12.5 Å². The molecule has 0 radical (unpaired) electrons. The Labute approximate surface area is 447 Å². The van der Waals surface area contributed by atoms with Crippen LogP contribution in [0, 0.1) is 5.92 Å². The summed E-state index contributed by atoms with van der Waals surface area (Å²) in [6, 6.07) is 9.96. The minimum absolute atomic E-state index is 0.0203. The molecule has 0 saturated carbocycles. The fourth-order valence-corrected chi connectivity index (χ4v) is 11.1. The lowest BCUT2D eigenvalue weighted by atomic mass is 9.98. The SMILES string of the molecule is CC(C)[C@H](NC(=O)[C@@H]1CSSC(C)(C)[C@H](NC(=O)[C@@H](N)CC(=O)O)C(=O)N[C@@H](Cc2ccccc2)C(=O)N[C@H](Cc2c[nH]c3ccccc23)C(=O)N[C@@H](CCCCN)C(=O)N[C@@H](Cc2ccc(O)cc2)C(=O)N1)C(=O)O. The van der Waals surface area contributed by atoms with Gasteiger partial charge < -0.3 is 69.0 Å². The number of nitrogens with one attached hydrogen (secondary N) is 8. The van der Waals surface area contributed by atoms with Crippen LogP contribution in [0.2, 0.25) is 0 Å². The molecule has 0 bridgehead atoms. The molecule has 1 aromatic heterocycles. The van der Waals surface area contributed by atoms with E-state index < -0.39 is 119 Å². The van der Waals surface area contributed by atoms with E-state index in [2.05, 4.69) is 42.2 Å². The highest BCUT2D eigenvalue weighted by molar-refractivity contribution is 8.77. The molecule has 0 spiro atoms. The van der Waals surface area contributed by atoms with Crippen molar-refractivity contribution in [3.05, 3.63) is 102 Å². The second-order valence-electron chi connectivity index (χ2n) is 19.4. The number of hydrogen-bond donors (Lipinski definition) is 13. The van der Waals surface area contributed by atoms with Crippen LogP contribution >= 0.6 is 21.6 Å². The van der Waals surface area contributed by atoms with Crippen molar-refractivity contribution >= 4 is 85.8 Å². The van der Waals surface area contributed by atoms with Crippen LogP contribution in [-0.4, -0.2) is 139 Å². The number of aromatic nitrogens is 1. The number of phenols is 1. The zero-order valence-corrected chi connectivity index (χ0v) is 44.3. The van der Waals surface area contributed by atoms with Gasteiger partial charge in [-0.3, -0.25) is 38.4 Å². The summed E-state index contributed by atoms with van der Waals surface area (Å²) in [6.45, 7) is 6.50. The average Bonchev–Trinajstić information content (AvgIpc) is 3.78. The Hall–Kier alpha value is -7.15. The number of H-pyrrole nitrogens is 1. The summed E-state index contributed by atoms with van der Waals surface area (Å²) >= 11 is 0. The third kappa shape index (κ3) is 17.5. The first-order chi connectivity index (χ1) is 36.1. The topological polar surface area (TPSA) is 366 Å². The molecule has 76 heavy (non-hydrogen) atoms. The van der Waals surface area contributed by atoms with E-state index >= 15 is 0 Å². The number of benzene rings is 3. The number of carbonyl (C=O) groups excluding carboxylic acids is 7. The van der Waals surface area contributed by atoms with Crippen molar-refractivity contribution in [1.29, 1.82) is 0 Å². The maximum Gasteiger partial charge on any atom is 0.326 e. The Morgan fingerprint density at radius 3 is 1.88 bits per heavy atom. The molecule has 3 aromatic carbocycles. The third-order valence-electron chi connectivity index (χ3n) is 12.6. The molecule has 7 amide bonds. The van der Waals surface area contributed by atoms with Crippen LogP contribution < -0.4 is 48.7 Å². The second kappa shape index (κ2) is 28.1. The molecule has 1 saturated heterocycles. The number of carbonyl (C=O) groups is 9. The van der Waals surface area contributed by atoms with Crippen LogP contribution in [0.15, 0.2) is 85.1 Å². The van der Waals surface area contributed by atoms with Crippen LogP contribution in [0.4, 0.5) is 0 Å². The summed E-state index contributed by atoms with van der Waals surface area (Å²) < 4.78 is -1.42. The van der Waals surface area contributed by atoms with Gasteiger partial charge in [-0.1, -0.05) is 96.1 Å². The lowest BCUT2D eigenvalue weighted by molar-refractivity contribution is -0.143. The summed E-state index contributed by atoms with van der Waals surface area (Å²) in [5.41, 5.74) is 14.2. The van der Waals surface area contributed by atoms with Crippen LogP contribution in [0.1, 0.15) is 70.1 Å². The highest BCUT2D eigenvalue weighted by atomic mass is 33.1. The van der Waals surface area contributed by atoms with Crippen LogP contribution in [0.5, 0.6) is 5.75 Å². The number of aromatic amines is 1. The first kappa shape index (κ1) is 59.7. The molecule has 1 aliphatic heterocycles. The first-order valence-corrected chi connectivity index (χ1v) is 27.1. The minimum Gasteiger partial charge on any atom is -0.508 e. The zero-order valence-electron chi connectivity index (χ0n) is 42.6. The van der Waals surface area contributed by atoms with E-state index in [1.54, 1.807) is 70.3 Å². The molecule has 0 unspecified atom stereocenters. The fraction of sp³-hybridized carbons (Fsp3) is 0.442. The van der Waals surface area contributed by atoms with E-state index in [4.69, 9.17) is 11.5 Å². The van der Waals surface area contributed by atoms with Gasteiger partial charge in [-0.15, -0.1) is 0 Å². The van der Waals surface area contributed by atoms with Crippen LogP contribution in [0.3, 0.4) is 0 Å². The van der Waals surface area contributed by atoms with E-state index in [1.807, 2.05) is 18.2 Å².